The van der Waals surface area contributed by atoms with Gasteiger partial charge in [0.1, 0.15) is 5.78 Å². The second-order valence-electron chi connectivity index (χ2n) is 20.0. The molecule has 2 aromatic rings. The van der Waals surface area contributed by atoms with E-state index in [9.17, 15) is 29.7 Å². The van der Waals surface area contributed by atoms with Gasteiger partial charge >= 0.3 is 257 Å². The van der Waals surface area contributed by atoms with Gasteiger partial charge in [0.2, 0.25) is 0 Å². The molecule has 11 heteroatoms. The predicted octanol–water partition coefficient (Wildman–Crippen LogP) is 8.70. The number of carbonyl (C=O) groups is 3. The van der Waals surface area contributed by atoms with E-state index in [1.54, 1.807) is 0 Å². The van der Waals surface area contributed by atoms with Crippen molar-refractivity contribution in [3.8, 4) is 0 Å². The molecular formula is C53H62FeN4O6. The van der Waals surface area contributed by atoms with Crippen LogP contribution in [0.25, 0.3) is 30.4 Å². The van der Waals surface area contributed by atoms with Crippen molar-refractivity contribution in [1.82, 2.24) is 7.17 Å². The standard InChI is InChI=1S/C34H34N4O4.C19H30O2.Fe/c1-7-21-17(3)25-13-26-19(5)23(9-11-33(39)40)31(37-26)16-32-24(10-12-34(41)42)20(6)28(38-32)15-30-22(8-2)18(4)27(36-30)14-29(21)35-25;1-18-9-7-13(20)11-12(18)3-4-14-15-5-6-17(21)19(15,2)10-8-16(14)18;/h7-8,13-16H,1-2,9-12H2,3-6H3,(H4,35,36,37,38,39,40,41,42);12,14-17,21H,3-11H2,1-2H3;/q;;+2/p-2/b25-13?,26-13-,27-14?,28-15-,29-14-,30-15?,31-16-,32-16?;;/t;12-,14-,15-,16-,17-,18-,19-;/m.0./s1. The van der Waals surface area contributed by atoms with E-state index < -0.39 is 11.9 Å². The predicted molar refractivity (Wildman–Crippen MR) is 249 cm³/mol. The van der Waals surface area contributed by atoms with Crippen molar-refractivity contribution in [2.24, 2.45) is 44.5 Å². The molecule has 3 N–H and O–H groups in total. The summed E-state index contributed by atoms with van der Waals surface area (Å²) >= 11 is 0.463. The Balaban J connectivity index is 0.000000205. The summed E-state index contributed by atoms with van der Waals surface area (Å²) in [6.45, 7) is 21.2. The van der Waals surface area contributed by atoms with E-state index in [4.69, 9.17) is 9.98 Å². The van der Waals surface area contributed by atoms with Crippen LogP contribution < -0.4 is 10.7 Å². The smallest absolute Gasteiger partial charge is 0.133 e. The third-order valence-electron chi connectivity index (χ3n) is 17.0. The van der Waals surface area contributed by atoms with Crippen LogP contribution in [0.4, 0.5) is 0 Å². The number of aliphatic imine (C=N–C) groups is 2. The molecule has 0 unspecified atom stereocenters. The largest absolute Gasteiger partial charge is 0.393 e. The Morgan fingerprint density at radius 2 is 1.47 bits per heavy atom. The van der Waals surface area contributed by atoms with Crippen LogP contribution in [0.5, 0.6) is 0 Å². The number of fused-ring (bicyclic) bond motifs is 7. The molecule has 0 saturated heterocycles. The SMILES string of the molecule is C=CC1=C(C)C2=NC/1=C\c1c(C)c(C=C)c3[n]1[Fe][n]1/c(c(C)c(CCC(=O)O)/c1=C/C1=NC(=C\3)/C(C)=C1CCC(=O)O)=C\2.C[C@]12CCC(=O)C[C@@H]1CC[C@@H]1[C@@H]2CC[C@]2(C)[C@@H](O)CC[C@@H]12. The molecule has 4 aliphatic carbocycles. The fourth-order valence-electron chi connectivity index (χ4n) is 13.2. The summed E-state index contributed by atoms with van der Waals surface area (Å²) in [5.74, 6) is 1.79. The van der Waals surface area contributed by atoms with Crippen LogP contribution in [0.1, 0.15) is 138 Å². The Hall–Kier alpha value is -4.83. The maximum atomic E-state index is 11.9. The van der Waals surface area contributed by atoms with Gasteiger partial charge in [-0.3, -0.25) is 4.79 Å². The van der Waals surface area contributed by atoms with Gasteiger partial charge < -0.3 is 5.11 Å². The summed E-state index contributed by atoms with van der Waals surface area (Å²) in [6, 6.07) is 0. The Morgan fingerprint density at radius 3 is 2.19 bits per heavy atom. The van der Waals surface area contributed by atoms with Gasteiger partial charge in [-0.05, 0) is 79.4 Å². The first-order valence-corrected chi connectivity index (χ1v) is 24.2. The minimum atomic E-state index is -0.868. The van der Waals surface area contributed by atoms with Crippen molar-refractivity contribution < 1.29 is 45.1 Å². The molecule has 7 atom stereocenters. The number of rotatable bonds is 8. The molecule has 0 radical (unpaired) electrons. The zero-order valence-corrected chi connectivity index (χ0v) is 39.3. The second kappa shape index (κ2) is 16.6. The number of hydrogen-bond acceptors (Lipinski definition) is 6. The van der Waals surface area contributed by atoms with E-state index in [1.807, 2.05) is 39.0 Å². The first-order valence-electron chi connectivity index (χ1n) is 23.2. The summed E-state index contributed by atoms with van der Waals surface area (Å²) in [7, 11) is 0. The third-order valence-corrected chi connectivity index (χ3v) is 18.5. The molecule has 0 spiro atoms. The summed E-state index contributed by atoms with van der Waals surface area (Å²) < 4.78 is 4.47. The number of aliphatic hydroxyl groups excluding tert-OH is 1. The quantitative estimate of drug-likeness (QED) is 0.226. The Labute approximate surface area is 383 Å². The Kier molecular flexibility index (Phi) is 11.5. The molecular weight excluding hydrogens is 844 g/mol. The summed E-state index contributed by atoms with van der Waals surface area (Å²) in [6.07, 6.45) is 22.7. The van der Waals surface area contributed by atoms with Crippen molar-refractivity contribution in [1.29, 1.82) is 0 Å². The average molecular weight is 907 g/mol. The van der Waals surface area contributed by atoms with Crippen molar-refractivity contribution in [3.63, 3.8) is 0 Å². The van der Waals surface area contributed by atoms with E-state index in [0.29, 0.717) is 51.1 Å². The van der Waals surface area contributed by atoms with Gasteiger partial charge in [0.15, 0.2) is 0 Å². The van der Waals surface area contributed by atoms with Crippen LogP contribution >= 0.6 is 0 Å². The minimum absolute atomic E-state index is 0.0140. The average Bonchev–Trinajstić information content (AvgIpc) is 3.97. The topological polar surface area (TPSA) is 146 Å². The molecule has 0 aromatic carbocycles. The van der Waals surface area contributed by atoms with Crippen LogP contribution in [0.2, 0.25) is 0 Å². The van der Waals surface area contributed by atoms with Gasteiger partial charge in [-0.15, -0.1) is 0 Å². The summed E-state index contributed by atoms with van der Waals surface area (Å²) in [4.78, 5) is 45.3. The van der Waals surface area contributed by atoms with Crippen LogP contribution in [-0.2, 0) is 36.2 Å². The van der Waals surface area contributed by atoms with E-state index >= 15 is 0 Å². The van der Waals surface area contributed by atoms with Crippen LogP contribution in [0, 0.1) is 48.3 Å². The van der Waals surface area contributed by atoms with Gasteiger partial charge in [0.25, 0.3) is 0 Å². The number of aliphatic carboxylic acids is 2. The first-order chi connectivity index (χ1) is 30.5. The number of aliphatic hydroxyl groups is 1. The van der Waals surface area contributed by atoms with Gasteiger partial charge in [-0.25, -0.2) is 0 Å². The van der Waals surface area contributed by atoms with Crippen LogP contribution in [0.3, 0.4) is 0 Å². The van der Waals surface area contributed by atoms with Crippen LogP contribution in [0.15, 0.2) is 62.9 Å². The monoisotopic (exact) mass is 906 g/mol. The third kappa shape index (κ3) is 7.12. The van der Waals surface area contributed by atoms with Gasteiger partial charge in [-0.2, -0.15) is 0 Å². The Morgan fingerprint density at radius 1 is 0.781 bits per heavy atom. The van der Waals surface area contributed by atoms with Gasteiger partial charge in [0, 0.05) is 12.8 Å². The van der Waals surface area contributed by atoms with E-state index in [0.717, 1.165) is 127 Å². The fraction of sp³-hybridized carbons (Fsp3) is 0.491. The summed E-state index contributed by atoms with van der Waals surface area (Å²) in [5, 5.41) is 31.4. The van der Waals surface area contributed by atoms with Gasteiger partial charge in [0.05, 0.1) is 6.10 Å². The maximum absolute atomic E-state index is 11.9. The van der Waals surface area contributed by atoms with E-state index in [2.05, 4.69) is 59.3 Å². The normalized spacial score (nSPS) is 32.5. The number of ketones is 1. The molecule has 10 nitrogen and oxygen atoms in total. The molecule has 6 heterocycles. The number of nitrogens with zero attached hydrogens (tertiary/aromatic N) is 4. The molecule has 8 aliphatic rings. The van der Waals surface area contributed by atoms with Crippen LogP contribution in [-0.4, -0.2) is 57.7 Å². The number of carboxylic acids is 2. The molecule has 2 aromatic heterocycles. The zero-order chi connectivity index (χ0) is 45.6. The number of Topliss-reactive ketones (excluding diaryl/α,β-unsaturated/α-hetero) is 1. The van der Waals surface area contributed by atoms with E-state index in [1.165, 1.54) is 32.1 Å². The molecule has 6 bridgehead atoms. The first kappa shape index (κ1) is 44.4. The maximum Gasteiger partial charge on any atom is 0.133 e. The molecule has 4 aliphatic heterocycles. The number of aromatic nitrogens is 2. The van der Waals surface area contributed by atoms with Crippen molar-refractivity contribution in [3.05, 3.63) is 97.3 Å². The molecule has 10 rings (SSSR count). The number of hydrogen-bond donors (Lipinski definition) is 3. The molecule has 4 saturated carbocycles. The molecule has 64 heavy (non-hydrogen) atoms. The van der Waals surface area contributed by atoms with Crippen molar-refractivity contribution >= 4 is 59.5 Å². The van der Waals surface area contributed by atoms with E-state index in [-0.39, 0.29) is 24.4 Å². The van der Waals surface area contributed by atoms with Crippen molar-refractivity contribution in [2.45, 2.75) is 131 Å². The number of allylic oxidation sites excluding steroid dienone is 4. The molecule has 338 valence electrons. The van der Waals surface area contributed by atoms with Crippen molar-refractivity contribution in [2.75, 3.05) is 0 Å². The van der Waals surface area contributed by atoms with Gasteiger partial charge in [-0.1, -0.05) is 13.8 Å². The minimum Gasteiger partial charge on any atom is -0.393 e. The Bertz CT molecular complexity index is 2770. The molecule has 0 amide bonds. The summed E-state index contributed by atoms with van der Waals surface area (Å²) in [5.41, 5.74) is 13.5. The fourth-order valence-corrected chi connectivity index (χ4v) is 14.8. The number of carbonyl (C=O) groups excluding carboxylic acids is 1. The number of carboxylic acid groups (broad SMARTS) is 2. The molecule has 4 fully saturated rings. The zero-order valence-electron chi connectivity index (χ0n) is 38.2. The second-order valence-corrected chi connectivity index (χ2v) is 21.2.